The molecule has 1 aliphatic rings. The summed E-state index contributed by atoms with van der Waals surface area (Å²) in [5, 5.41) is 0.680. The molecular formula is C17H24ClNO. The third-order valence-corrected chi connectivity index (χ3v) is 4.48. The molecule has 1 aliphatic heterocycles. The van der Waals surface area contributed by atoms with E-state index in [1.807, 2.05) is 12.1 Å². The minimum atomic E-state index is 0.220. The van der Waals surface area contributed by atoms with Gasteiger partial charge in [0.15, 0.2) is 5.78 Å². The highest BCUT2D eigenvalue weighted by molar-refractivity contribution is 6.30. The molecule has 0 unspecified atom stereocenters. The van der Waals surface area contributed by atoms with E-state index in [2.05, 4.69) is 11.8 Å². The average molecular weight is 294 g/mol. The Balaban J connectivity index is 1.73. The maximum absolute atomic E-state index is 12.1. The highest BCUT2D eigenvalue weighted by atomic mass is 35.5. The number of piperidine rings is 1. The number of nitrogens with zero attached hydrogens (tertiary/aromatic N) is 1. The van der Waals surface area contributed by atoms with E-state index < -0.39 is 0 Å². The van der Waals surface area contributed by atoms with E-state index in [-0.39, 0.29) is 5.78 Å². The van der Waals surface area contributed by atoms with Crippen LogP contribution in [0.5, 0.6) is 0 Å². The minimum Gasteiger partial charge on any atom is -0.303 e. The third-order valence-electron chi connectivity index (χ3n) is 4.23. The smallest absolute Gasteiger partial charge is 0.164 e. The van der Waals surface area contributed by atoms with Gasteiger partial charge in [-0.25, -0.2) is 0 Å². The molecule has 1 fully saturated rings. The number of ketones is 1. The van der Waals surface area contributed by atoms with Crippen LogP contribution in [0.4, 0.5) is 0 Å². The van der Waals surface area contributed by atoms with Crippen LogP contribution in [0.25, 0.3) is 0 Å². The van der Waals surface area contributed by atoms with Crippen LogP contribution >= 0.6 is 11.6 Å². The van der Waals surface area contributed by atoms with Crippen molar-refractivity contribution in [3.63, 3.8) is 0 Å². The molecule has 0 amide bonds. The predicted molar refractivity (Wildman–Crippen MR) is 84.5 cm³/mol. The molecule has 0 N–H and O–H groups in total. The van der Waals surface area contributed by atoms with Crippen LogP contribution in [-0.4, -0.2) is 30.3 Å². The Hall–Kier alpha value is -0.860. The van der Waals surface area contributed by atoms with E-state index in [0.717, 1.165) is 31.1 Å². The summed E-state index contributed by atoms with van der Waals surface area (Å²) in [6.45, 7) is 5.45. The predicted octanol–water partition coefficient (Wildman–Crippen LogP) is 4.42. The Kier molecular flexibility index (Phi) is 6.06. The van der Waals surface area contributed by atoms with Gasteiger partial charge in [-0.1, -0.05) is 31.4 Å². The van der Waals surface area contributed by atoms with Gasteiger partial charge in [-0.3, -0.25) is 4.79 Å². The number of hydrogen-bond donors (Lipinski definition) is 0. The Morgan fingerprint density at radius 2 is 1.90 bits per heavy atom. The molecule has 3 heteroatoms. The van der Waals surface area contributed by atoms with Gasteiger partial charge in [0.05, 0.1) is 0 Å². The molecule has 2 rings (SSSR count). The van der Waals surface area contributed by atoms with Crippen LogP contribution in [-0.2, 0) is 0 Å². The van der Waals surface area contributed by atoms with E-state index in [0.29, 0.717) is 11.4 Å². The Labute approximate surface area is 127 Å². The second kappa shape index (κ2) is 7.80. The van der Waals surface area contributed by atoms with Gasteiger partial charge in [0.1, 0.15) is 0 Å². The van der Waals surface area contributed by atoms with Crippen molar-refractivity contribution < 1.29 is 4.79 Å². The lowest BCUT2D eigenvalue weighted by molar-refractivity contribution is 0.0950. The van der Waals surface area contributed by atoms with Crippen LogP contribution in [0.15, 0.2) is 24.3 Å². The summed E-state index contributed by atoms with van der Waals surface area (Å²) >= 11 is 5.83. The molecule has 2 nitrogen and oxygen atoms in total. The number of halogens is 1. The summed E-state index contributed by atoms with van der Waals surface area (Å²) in [6.07, 6.45) is 5.85. The standard InChI is InChI=1S/C17H24ClNO/c1-2-3-14-8-11-19(12-9-14)13-10-17(20)15-4-6-16(18)7-5-15/h4-7,14H,2-3,8-13H2,1H3. The Morgan fingerprint density at radius 1 is 1.25 bits per heavy atom. The van der Waals surface area contributed by atoms with Gasteiger partial charge in [-0.2, -0.15) is 0 Å². The molecule has 0 radical (unpaired) electrons. The number of likely N-dealkylation sites (tertiary alicyclic amines) is 1. The molecule has 0 aromatic heterocycles. The second-order valence-corrected chi connectivity index (χ2v) is 6.19. The van der Waals surface area contributed by atoms with Crippen molar-refractivity contribution in [2.24, 2.45) is 5.92 Å². The van der Waals surface area contributed by atoms with Crippen molar-refractivity contribution in [1.82, 2.24) is 4.90 Å². The van der Waals surface area contributed by atoms with Gasteiger partial charge in [-0.15, -0.1) is 0 Å². The summed E-state index contributed by atoms with van der Waals surface area (Å²) in [5.74, 6) is 1.13. The number of benzene rings is 1. The Bertz CT molecular complexity index is 421. The summed E-state index contributed by atoms with van der Waals surface area (Å²) in [4.78, 5) is 14.5. The van der Waals surface area contributed by atoms with Gasteiger partial charge in [0.25, 0.3) is 0 Å². The zero-order valence-corrected chi connectivity index (χ0v) is 13.0. The molecule has 110 valence electrons. The molecule has 0 aliphatic carbocycles. The van der Waals surface area contributed by atoms with E-state index in [1.165, 1.54) is 25.7 Å². The molecule has 0 spiro atoms. The Morgan fingerprint density at radius 3 is 2.50 bits per heavy atom. The zero-order chi connectivity index (χ0) is 14.4. The van der Waals surface area contributed by atoms with Crippen LogP contribution in [0, 0.1) is 5.92 Å². The highest BCUT2D eigenvalue weighted by Gasteiger charge is 2.19. The quantitative estimate of drug-likeness (QED) is 0.723. The van der Waals surface area contributed by atoms with E-state index >= 15 is 0 Å². The van der Waals surface area contributed by atoms with Crippen molar-refractivity contribution in [2.45, 2.75) is 39.0 Å². The van der Waals surface area contributed by atoms with Gasteiger partial charge in [0.2, 0.25) is 0 Å². The SMILES string of the molecule is CCCC1CCN(CCC(=O)c2ccc(Cl)cc2)CC1. The fraction of sp³-hybridized carbons (Fsp3) is 0.588. The summed E-state index contributed by atoms with van der Waals surface area (Å²) < 4.78 is 0. The number of hydrogen-bond acceptors (Lipinski definition) is 2. The minimum absolute atomic E-state index is 0.220. The second-order valence-electron chi connectivity index (χ2n) is 5.75. The first-order valence-corrected chi connectivity index (χ1v) is 8.08. The summed E-state index contributed by atoms with van der Waals surface area (Å²) in [6, 6.07) is 7.20. The van der Waals surface area contributed by atoms with Crippen LogP contribution in [0.1, 0.15) is 49.4 Å². The lowest BCUT2D eigenvalue weighted by Crippen LogP contribution is -2.35. The zero-order valence-electron chi connectivity index (χ0n) is 12.3. The molecule has 1 aromatic rings. The number of Topliss-reactive ketones (excluding diaryl/α,β-unsaturated/α-hetero) is 1. The molecular weight excluding hydrogens is 270 g/mol. The van der Waals surface area contributed by atoms with Crippen LogP contribution in [0.3, 0.4) is 0 Å². The number of carbonyl (C=O) groups is 1. The molecule has 1 aromatic carbocycles. The maximum Gasteiger partial charge on any atom is 0.164 e. The van der Waals surface area contributed by atoms with Gasteiger partial charge < -0.3 is 4.90 Å². The summed E-state index contributed by atoms with van der Waals surface area (Å²) in [7, 11) is 0. The molecule has 0 bridgehead atoms. The van der Waals surface area contributed by atoms with E-state index in [4.69, 9.17) is 11.6 Å². The largest absolute Gasteiger partial charge is 0.303 e. The third kappa shape index (κ3) is 4.60. The summed E-state index contributed by atoms with van der Waals surface area (Å²) in [5.41, 5.74) is 0.773. The van der Waals surface area contributed by atoms with Crippen molar-refractivity contribution >= 4 is 17.4 Å². The molecule has 0 saturated carbocycles. The van der Waals surface area contributed by atoms with Crippen LogP contribution in [0.2, 0.25) is 5.02 Å². The van der Waals surface area contributed by atoms with E-state index in [9.17, 15) is 4.79 Å². The van der Waals surface area contributed by atoms with Gasteiger partial charge in [-0.05, 0) is 56.1 Å². The fourth-order valence-corrected chi connectivity index (χ4v) is 3.07. The number of carbonyl (C=O) groups excluding carboxylic acids is 1. The molecule has 20 heavy (non-hydrogen) atoms. The van der Waals surface area contributed by atoms with Gasteiger partial charge in [0, 0.05) is 23.6 Å². The topological polar surface area (TPSA) is 20.3 Å². The maximum atomic E-state index is 12.1. The first-order chi connectivity index (χ1) is 9.69. The fourth-order valence-electron chi connectivity index (χ4n) is 2.95. The van der Waals surface area contributed by atoms with E-state index in [1.54, 1.807) is 12.1 Å². The highest BCUT2D eigenvalue weighted by Crippen LogP contribution is 2.22. The van der Waals surface area contributed by atoms with Crippen molar-refractivity contribution in [3.05, 3.63) is 34.9 Å². The van der Waals surface area contributed by atoms with Crippen molar-refractivity contribution in [3.8, 4) is 0 Å². The van der Waals surface area contributed by atoms with Crippen molar-refractivity contribution in [2.75, 3.05) is 19.6 Å². The molecule has 0 atom stereocenters. The van der Waals surface area contributed by atoms with Gasteiger partial charge >= 0.3 is 0 Å². The normalized spacial score (nSPS) is 17.3. The lowest BCUT2D eigenvalue weighted by Gasteiger charge is -2.31. The monoisotopic (exact) mass is 293 g/mol. The lowest BCUT2D eigenvalue weighted by atomic mass is 9.92. The van der Waals surface area contributed by atoms with Crippen molar-refractivity contribution in [1.29, 1.82) is 0 Å². The molecule has 1 saturated heterocycles. The first-order valence-electron chi connectivity index (χ1n) is 7.70. The van der Waals surface area contributed by atoms with Crippen LogP contribution < -0.4 is 0 Å². The first kappa shape index (κ1) is 15.5. The number of rotatable bonds is 6. The molecule has 1 heterocycles. The average Bonchev–Trinajstić information content (AvgIpc) is 2.47.